The van der Waals surface area contributed by atoms with E-state index in [2.05, 4.69) is 0 Å². The Bertz CT molecular complexity index is 222. The van der Waals surface area contributed by atoms with Crippen LogP contribution < -0.4 is 4.52 Å². The summed E-state index contributed by atoms with van der Waals surface area (Å²) in [6, 6.07) is 7.45. The van der Waals surface area contributed by atoms with Crippen molar-refractivity contribution < 1.29 is 28.6 Å². The Labute approximate surface area is 80.0 Å². The Kier molecular flexibility index (Phi) is 5.45. The molecule has 56 valence electrons. The summed E-state index contributed by atoms with van der Waals surface area (Å²) in [5.74, 6) is 0.676. The minimum Gasteiger partial charge on any atom is -0.447 e. The van der Waals surface area contributed by atoms with Crippen LogP contribution in [0.4, 0.5) is 0 Å². The smallest absolute Gasteiger partial charge is 0.225 e. The van der Waals surface area contributed by atoms with Crippen molar-refractivity contribution in [3.05, 3.63) is 29.8 Å². The van der Waals surface area contributed by atoms with Gasteiger partial charge in [-0.25, -0.2) is 0 Å². The van der Waals surface area contributed by atoms with Crippen LogP contribution in [-0.4, -0.2) is 0 Å². The summed E-state index contributed by atoms with van der Waals surface area (Å²) < 4.78 is 14.8. The predicted molar refractivity (Wildman–Crippen MR) is 42.2 cm³/mol. The quantitative estimate of drug-likeness (QED) is 0.564. The summed E-state index contributed by atoms with van der Waals surface area (Å²) in [6.07, 6.45) is 0. The number of hydrogen-bond acceptors (Lipinski definition) is 2. The van der Waals surface area contributed by atoms with Crippen LogP contribution in [0.2, 0.25) is 0 Å². The molecule has 0 aliphatic carbocycles. The first-order chi connectivity index (χ1) is 4.83. The van der Waals surface area contributed by atoms with E-state index in [4.69, 9.17) is 4.52 Å². The van der Waals surface area contributed by atoms with Gasteiger partial charge in [0.25, 0.3) is 0 Å². The second-order valence-corrected chi connectivity index (χ2v) is 2.46. The van der Waals surface area contributed by atoms with Crippen molar-refractivity contribution in [3.63, 3.8) is 0 Å². The fourth-order valence-electron chi connectivity index (χ4n) is 0.672. The van der Waals surface area contributed by atoms with Gasteiger partial charge < -0.3 is 4.52 Å². The summed E-state index contributed by atoms with van der Waals surface area (Å²) in [4.78, 5) is 0. The van der Waals surface area contributed by atoms with Gasteiger partial charge in [-0.2, -0.15) is 0 Å². The first-order valence-electron chi connectivity index (χ1n) is 3.00. The van der Waals surface area contributed by atoms with Gasteiger partial charge in [0.2, 0.25) is 8.69 Å². The molecule has 0 fully saturated rings. The molecule has 0 amide bonds. The molecular weight excluding hydrogens is 212 g/mol. The first kappa shape index (κ1) is 10.9. The van der Waals surface area contributed by atoms with Gasteiger partial charge in [0.05, 0.1) is 0 Å². The molecule has 0 bridgehead atoms. The zero-order valence-corrected chi connectivity index (χ0v) is 10.5. The van der Waals surface area contributed by atoms with E-state index in [-0.39, 0.29) is 19.5 Å². The molecule has 0 heterocycles. The van der Waals surface area contributed by atoms with Gasteiger partial charge in [0.15, 0.2) is 0 Å². The number of benzene rings is 1. The van der Waals surface area contributed by atoms with E-state index in [0.29, 0.717) is 5.75 Å². The van der Waals surface area contributed by atoms with Crippen LogP contribution >= 0.6 is 8.69 Å². The van der Waals surface area contributed by atoms with Crippen LogP contribution in [-0.2, 0) is 24.0 Å². The van der Waals surface area contributed by atoms with Gasteiger partial charge in [-0.3, -0.25) is 4.57 Å². The molecule has 1 rings (SSSR count). The average molecular weight is 222 g/mol. The molecule has 0 saturated carbocycles. The van der Waals surface area contributed by atoms with Gasteiger partial charge in [-0.1, -0.05) is 17.7 Å². The van der Waals surface area contributed by atoms with Crippen LogP contribution in [0, 0.1) is 6.92 Å². The Morgan fingerprint density at radius 3 is 2.27 bits per heavy atom. The molecule has 0 saturated heterocycles. The van der Waals surface area contributed by atoms with E-state index >= 15 is 0 Å². The van der Waals surface area contributed by atoms with Gasteiger partial charge >= 0.3 is 0 Å². The molecule has 1 aromatic rings. The Hall–Kier alpha value is -0.127. The summed E-state index contributed by atoms with van der Waals surface area (Å²) in [5.41, 5.74) is 1.17. The maximum atomic E-state index is 10.0. The molecule has 11 heavy (non-hydrogen) atoms. The van der Waals surface area contributed by atoms with Crippen LogP contribution in [0.5, 0.6) is 5.75 Å². The Balaban J connectivity index is 0.000001000. The largest absolute Gasteiger partial charge is 0.447 e. The third-order valence-electron chi connectivity index (χ3n) is 1.21. The Morgan fingerprint density at radius 2 is 1.82 bits per heavy atom. The molecule has 2 nitrogen and oxygen atoms in total. The summed E-state index contributed by atoms with van der Waals surface area (Å²) in [5, 5.41) is 0. The van der Waals surface area contributed by atoms with E-state index in [1.807, 2.05) is 19.1 Å². The number of aryl methyl sites for hydroxylation is 1. The van der Waals surface area contributed by atoms with E-state index in [9.17, 15) is 4.57 Å². The summed E-state index contributed by atoms with van der Waals surface area (Å²) in [7, 11) is -1.13. The topological polar surface area (TPSA) is 26.3 Å². The van der Waals surface area contributed by atoms with Crippen molar-refractivity contribution in [1.29, 1.82) is 0 Å². The third kappa shape index (κ3) is 3.69. The van der Waals surface area contributed by atoms with E-state index < -0.39 is 8.69 Å². The molecule has 1 unspecified atom stereocenters. The normalized spacial score (nSPS) is 9.55. The molecular formula is C7H9O2PZn. The average Bonchev–Trinajstić information content (AvgIpc) is 1.95. The van der Waals surface area contributed by atoms with Gasteiger partial charge in [0, 0.05) is 19.5 Å². The minimum absolute atomic E-state index is 0. The van der Waals surface area contributed by atoms with Crippen molar-refractivity contribution in [1.82, 2.24) is 0 Å². The minimum atomic E-state index is -1.13. The maximum Gasteiger partial charge on any atom is 0.225 e. The summed E-state index contributed by atoms with van der Waals surface area (Å²) in [6.45, 7) is 1.99. The molecule has 1 aromatic carbocycles. The monoisotopic (exact) mass is 220 g/mol. The van der Waals surface area contributed by atoms with E-state index in [1.54, 1.807) is 12.1 Å². The van der Waals surface area contributed by atoms with Crippen LogP contribution in [0.25, 0.3) is 0 Å². The summed E-state index contributed by atoms with van der Waals surface area (Å²) >= 11 is 0. The van der Waals surface area contributed by atoms with Crippen molar-refractivity contribution >= 4 is 8.69 Å². The third-order valence-corrected chi connectivity index (χ3v) is 1.57. The van der Waals surface area contributed by atoms with E-state index in [0.717, 1.165) is 0 Å². The number of hydrogen-bond donors (Lipinski definition) is 0. The fourth-order valence-corrected chi connectivity index (χ4v) is 0.941. The van der Waals surface area contributed by atoms with Crippen molar-refractivity contribution in [3.8, 4) is 5.75 Å². The molecule has 1 atom stereocenters. The van der Waals surface area contributed by atoms with Crippen molar-refractivity contribution in [2.45, 2.75) is 6.92 Å². The standard InChI is InChI=1S/C7H9O2P.Zn/c1-6-2-4-7(5-3-6)9-10-8;/h2-5H,10H2,1H3;. The van der Waals surface area contributed by atoms with Gasteiger partial charge in [-0.05, 0) is 19.1 Å². The van der Waals surface area contributed by atoms with E-state index in [1.165, 1.54) is 5.56 Å². The van der Waals surface area contributed by atoms with Gasteiger partial charge in [0.1, 0.15) is 5.75 Å². The number of rotatable bonds is 2. The van der Waals surface area contributed by atoms with Crippen molar-refractivity contribution in [2.24, 2.45) is 0 Å². The maximum absolute atomic E-state index is 10.0. The molecule has 0 radical (unpaired) electrons. The SMILES string of the molecule is Cc1ccc(O[PH2]=O)cc1.[Zn]. The first-order valence-corrected chi connectivity index (χ1v) is 3.94. The zero-order valence-electron chi connectivity index (χ0n) is 6.41. The second kappa shape index (κ2) is 5.51. The van der Waals surface area contributed by atoms with Crippen molar-refractivity contribution in [2.75, 3.05) is 0 Å². The molecule has 0 aliphatic heterocycles. The van der Waals surface area contributed by atoms with Crippen LogP contribution in [0.1, 0.15) is 5.56 Å². The molecule has 0 aromatic heterocycles. The zero-order chi connectivity index (χ0) is 7.40. The van der Waals surface area contributed by atoms with Crippen LogP contribution in [0.15, 0.2) is 24.3 Å². The molecule has 0 spiro atoms. The molecule has 0 aliphatic rings. The Morgan fingerprint density at radius 1 is 1.27 bits per heavy atom. The van der Waals surface area contributed by atoms with Crippen LogP contribution in [0.3, 0.4) is 0 Å². The molecule has 4 heteroatoms. The van der Waals surface area contributed by atoms with Gasteiger partial charge in [-0.15, -0.1) is 0 Å². The fraction of sp³-hybridized carbons (Fsp3) is 0.143. The predicted octanol–water partition coefficient (Wildman–Crippen LogP) is 2.04. The molecule has 0 N–H and O–H groups in total. The second-order valence-electron chi connectivity index (χ2n) is 2.03.